The number of hydrogen-bond acceptors (Lipinski definition) is 3. The zero-order valence-electron chi connectivity index (χ0n) is 13.0. The van der Waals surface area contributed by atoms with Crippen LogP contribution in [0.4, 0.5) is 8.78 Å². The maximum Gasteiger partial charge on any atom is 0.275 e. The minimum Gasteiger partial charge on any atom is -0.354 e. The molecule has 1 aliphatic heterocycles. The molecule has 0 saturated carbocycles. The Bertz CT molecular complexity index is 770. The highest BCUT2D eigenvalue weighted by Gasteiger charge is 2.29. The van der Waals surface area contributed by atoms with Crippen LogP contribution >= 0.6 is 0 Å². The largest absolute Gasteiger partial charge is 0.354 e. The first-order valence-corrected chi connectivity index (χ1v) is 7.56. The van der Waals surface area contributed by atoms with Crippen LogP contribution in [0.5, 0.6) is 0 Å². The van der Waals surface area contributed by atoms with Crippen LogP contribution in [-0.4, -0.2) is 45.6 Å². The van der Waals surface area contributed by atoms with Gasteiger partial charge < -0.3 is 10.2 Å². The molecule has 0 aliphatic carbocycles. The number of halogens is 2. The van der Waals surface area contributed by atoms with Crippen molar-refractivity contribution in [2.45, 2.75) is 19.4 Å². The van der Waals surface area contributed by atoms with Crippen LogP contribution in [0.1, 0.15) is 23.8 Å². The first kappa shape index (κ1) is 16.1. The van der Waals surface area contributed by atoms with Gasteiger partial charge in [-0.2, -0.15) is 5.10 Å². The van der Waals surface area contributed by atoms with Gasteiger partial charge in [0.1, 0.15) is 17.7 Å². The molecule has 1 aliphatic rings. The molecule has 1 saturated heterocycles. The Morgan fingerprint density at radius 1 is 1.29 bits per heavy atom. The highest BCUT2D eigenvalue weighted by Crippen LogP contribution is 2.15. The van der Waals surface area contributed by atoms with Gasteiger partial charge in [-0.15, -0.1) is 0 Å². The van der Waals surface area contributed by atoms with Crippen LogP contribution in [0.3, 0.4) is 0 Å². The van der Waals surface area contributed by atoms with Gasteiger partial charge in [-0.3, -0.25) is 9.59 Å². The Morgan fingerprint density at radius 2 is 2.00 bits per heavy atom. The van der Waals surface area contributed by atoms with Crippen molar-refractivity contribution < 1.29 is 18.4 Å². The van der Waals surface area contributed by atoms with E-state index < -0.39 is 23.6 Å². The molecule has 1 aromatic carbocycles. The molecule has 0 bridgehead atoms. The first-order valence-electron chi connectivity index (χ1n) is 7.56. The molecule has 2 amide bonds. The van der Waals surface area contributed by atoms with Crippen molar-refractivity contribution in [2.75, 3.05) is 13.1 Å². The van der Waals surface area contributed by atoms with E-state index in [2.05, 4.69) is 10.4 Å². The molecule has 2 aromatic rings. The lowest BCUT2D eigenvalue weighted by atomic mass is 10.2. The fraction of sp³-hybridized carbons (Fsp3) is 0.312. The molecule has 0 unspecified atom stereocenters. The Morgan fingerprint density at radius 3 is 2.71 bits per heavy atom. The number of carbonyl (C=O) groups is 2. The van der Waals surface area contributed by atoms with Gasteiger partial charge in [0.2, 0.25) is 5.91 Å². The average Bonchev–Trinajstić information content (AvgIpc) is 2.96. The fourth-order valence-electron chi connectivity index (χ4n) is 2.62. The maximum atomic E-state index is 13.3. The number of aromatic nitrogens is 2. The number of nitrogens with one attached hydrogen (secondary N) is 1. The topological polar surface area (TPSA) is 67.2 Å². The van der Waals surface area contributed by atoms with Gasteiger partial charge in [0.05, 0.1) is 5.69 Å². The van der Waals surface area contributed by atoms with Gasteiger partial charge in [0.15, 0.2) is 5.69 Å². The lowest BCUT2D eigenvalue weighted by molar-refractivity contribution is -0.124. The van der Waals surface area contributed by atoms with E-state index in [1.807, 2.05) is 0 Å². The van der Waals surface area contributed by atoms with Crippen LogP contribution in [0.2, 0.25) is 0 Å². The Kier molecular flexibility index (Phi) is 4.28. The van der Waals surface area contributed by atoms with Gasteiger partial charge in [-0.1, -0.05) is 0 Å². The first-order chi connectivity index (χ1) is 11.5. The molecule has 0 spiro atoms. The van der Waals surface area contributed by atoms with Gasteiger partial charge >= 0.3 is 0 Å². The number of benzene rings is 1. The summed E-state index contributed by atoms with van der Waals surface area (Å²) >= 11 is 0. The molecular formula is C16H16F2N4O2. The predicted octanol–water partition coefficient (Wildman–Crippen LogP) is 1.50. The van der Waals surface area contributed by atoms with E-state index in [-0.39, 0.29) is 17.3 Å². The maximum absolute atomic E-state index is 13.3. The van der Waals surface area contributed by atoms with Crippen LogP contribution in [0, 0.1) is 11.6 Å². The summed E-state index contributed by atoms with van der Waals surface area (Å²) in [6.07, 6.45) is 2.10. The molecule has 126 valence electrons. The number of carbonyl (C=O) groups excluding carboxylic acids is 2. The van der Waals surface area contributed by atoms with E-state index in [1.54, 1.807) is 6.92 Å². The summed E-state index contributed by atoms with van der Waals surface area (Å²) in [4.78, 5) is 25.9. The Hall–Kier alpha value is -2.77. The summed E-state index contributed by atoms with van der Waals surface area (Å²) in [5.41, 5.74) is 0.287. The third kappa shape index (κ3) is 3.12. The zero-order valence-corrected chi connectivity index (χ0v) is 13.0. The molecule has 1 atom stereocenters. The van der Waals surface area contributed by atoms with Crippen LogP contribution < -0.4 is 5.32 Å². The zero-order chi connectivity index (χ0) is 17.3. The molecule has 24 heavy (non-hydrogen) atoms. The second-order valence-electron chi connectivity index (χ2n) is 5.59. The number of hydrogen-bond donors (Lipinski definition) is 1. The minimum atomic E-state index is -0.730. The second-order valence-corrected chi connectivity index (χ2v) is 5.59. The van der Waals surface area contributed by atoms with Crippen LogP contribution in [0.15, 0.2) is 30.5 Å². The van der Waals surface area contributed by atoms with E-state index >= 15 is 0 Å². The van der Waals surface area contributed by atoms with Crippen LogP contribution in [-0.2, 0) is 4.79 Å². The van der Waals surface area contributed by atoms with E-state index in [0.717, 1.165) is 18.2 Å². The highest BCUT2D eigenvalue weighted by atomic mass is 19.1. The molecule has 0 radical (unpaired) electrons. The summed E-state index contributed by atoms with van der Waals surface area (Å²) in [5.74, 6) is -2.07. The minimum absolute atomic E-state index is 0.112. The molecular weight excluding hydrogens is 318 g/mol. The second kappa shape index (κ2) is 6.38. The highest BCUT2D eigenvalue weighted by molar-refractivity contribution is 5.96. The summed E-state index contributed by atoms with van der Waals surface area (Å²) in [5, 5.41) is 6.82. The monoisotopic (exact) mass is 334 g/mol. The van der Waals surface area contributed by atoms with Gasteiger partial charge in [0.25, 0.3) is 5.91 Å². The van der Waals surface area contributed by atoms with Crippen molar-refractivity contribution in [3.05, 3.63) is 47.8 Å². The van der Waals surface area contributed by atoms with Crippen molar-refractivity contribution in [1.82, 2.24) is 20.0 Å². The molecule has 1 aromatic heterocycles. The van der Waals surface area contributed by atoms with Gasteiger partial charge in [-0.25, -0.2) is 13.5 Å². The van der Waals surface area contributed by atoms with Crippen molar-refractivity contribution >= 4 is 11.8 Å². The predicted molar refractivity (Wildman–Crippen MR) is 81.6 cm³/mol. The number of rotatable bonds is 2. The molecule has 3 rings (SSSR count). The van der Waals surface area contributed by atoms with E-state index in [0.29, 0.717) is 19.5 Å². The van der Waals surface area contributed by atoms with E-state index in [1.165, 1.54) is 21.8 Å². The van der Waals surface area contributed by atoms with E-state index in [4.69, 9.17) is 0 Å². The van der Waals surface area contributed by atoms with Crippen LogP contribution in [0.25, 0.3) is 5.69 Å². The summed E-state index contributed by atoms with van der Waals surface area (Å²) in [6.45, 7) is 2.60. The SMILES string of the molecule is C[C@H]1C(=O)NCCCN1C(=O)c1ccn(-c2cc(F)cc(F)c2)n1. The van der Waals surface area contributed by atoms with Crippen molar-refractivity contribution in [3.8, 4) is 5.69 Å². The fourth-order valence-corrected chi connectivity index (χ4v) is 2.62. The lowest BCUT2D eigenvalue weighted by Crippen LogP contribution is -2.45. The van der Waals surface area contributed by atoms with E-state index in [9.17, 15) is 18.4 Å². The number of nitrogens with zero attached hydrogens (tertiary/aromatic N) is 3. The molecule has 8 heteroatoms. The Balaban J connectivity index is 1.86. The standard InChI is InChI=1S/C16H16F2N4O2/c1-10-15(23)19-4-2-5-21(10)16(24)14-3-6-22(20-14)13-8-11(17)7-12(18)9-13/h3,6-10H,2,4-5H2,1H3,(H,19,23)/t10-/m0/s1. The van der Waals surface area contributed by atoms with Gasteiger partial charge in [0, 0.05) is 25.4 Å². The summed E-state index contributed by atoms with van der Waals surface area (Å²) in [7, 11) is 0. The average molecular weight is 334 g/mol. The van der Waals surface area contributed by atoms with Crippen molar-refractivity contribution in [3.63, 3.8) is 0 Å². The molecule has 6 nitrogen and oxygen atoms in total. The normalized spacial score (nSPS) is 18.2. The molecule has 1 N–H and O–H groups in total. The van der Waals surface area contributed by atoms with Crippen molar-refractivity contribution in [2.24, 2.45) is 0 Å². The third-order valence-electron chi connectivity index (χ3n) is 3.90. The Labute approximate surface area is 137 Å². The molecule has 2 heterocycles. The smallest absolute Gasteiger partial charge is 0.275 e. The number of amides is 2. The van der Waals surface area contributed by atoms with Crippen molar-refractivity contribution in [1.29, 1.82) is 0 Å². The van der Waals surface area contributed by atoms with Gasteiger partial charge in [-0.05, 0) is 31.5 Å². The summed E-state index contributed by atoms with van der Waals surface area (Å²) in [6, 6.07) is 3.85. The molecule has 1 fully saturated rings. The lowest BCUT2D eigenvalue weighted by Gasteiger charge is -2.24. The quantitative estimate of drug-likeness (QED) is 0.905. The third-order valence-corrected chi connectivity index (χ3v) is 3.90. The summed E-state index contributed by atoms with van der Waals surface area (Å²) < 4.78 is 27.8.